The van der Waals surface area contributed by atoms with Gasteiger partial charge in [0.2, 0.25) is 5.91 Å². The lowest BCUT2D eigenvalue weighted by atomic mass is 9.83. The number of carbonyl (C=O) groups excluding carboxylic acids is 1. The van der Waals surface area contributed by atoms with Crippen molar-refractivity contribution in [1.29, 1.82) is 0 Å². The number of nitrogens with one attached hydrogen (secondary N) is 2. The van der Waals surface area contributed by atoms with Crippen LogP contribution in [-0.2, 0) is 4.79 Å². The van der Waals surface area contributed by atoms with E-state index in [9.17, 15) is 4.79 Å². The Morgan fingerprint density at radius 1 is 1.28 bits per heavy atom. The maximum Gasteiger partial charge on any atom is 0.230 e. The van der Waals surface area contributed by atoms with Crippen molar-refractivity contribution in [3.63, 3.8) is 0 Å². The third kappa shape index (κ3) is 4.47. The van der Waals surface area contributed by atoms with Crippen LogP contribution in [0.15, 0.2) is 0 Å². The van der Waals surface area contributed by atoms with Crippen molar-refractivity contribution in [3.8, 4) is 0 Å². The maximum absolute atomic E-state index is 12.0. The van der Waals surface area contributed by atoms with Gasteiger partial charge in [-0.15, -0.1) is 11.8 Å². The van der Waals surface area contributed by atoms with Crippen molar-refractivity contribution in [2.75, 3.05) is 18.8 Å². The molecule has 1 heterocycles. The molecule has 1 saturated heterocycles. The number of hydrogen-bond acceptors (Lipinski definition) is 3. The summed E-state index contributed by atoms with van der Waals surface area (Å²) in [6, 6.07) is 0. The van der Waals surface area contributed by atoms with Crippen LogP contribution in [0.3, 0.4) is 0 Å². The van der Waals surface area contributed by atoms with E-state index in [1.165, 1.54) is 32.1 Å². The van der Waals surface area contributed by atoms with Gasteiger partial charge < -0.3 is 10.6 Å². The zero-order valence-electron chi connectivity index (χ0n) is 11.5. The Morgan fingerprint density at radius 3 is 2.61 bits per heavy atom. The standard InChI is InChI=1S/C14H26N2OS/c1-14(7-3-2-4-8-14)16-13(17)11-18-12-5-9-15-10-6-12/h12,15H,2-11H2,1H3,(H,16,17). The Balaban J connectivity index is 1.67. The molecule has 0 aromatic heterocycles. The van der Waals surface area contributed by atoms with Crippen molar-refractivity contribution in [1.82, 2.24) is 10.6 Å². The first kappa shape index (κ1) is 14.2. The fraction of sp³-hybridized carbons (Fsp3) is 0.929. The lowest BCUT2D eigenvalue weighted by Gasteiger charge is -2.34. The predicted octanol–water partition coefficient (Wildman–Crippen LogP) is 2.31. The van der Waals surface area contributed by atoms with E-state index in [-0.39, 0.29) is 11.4 Å². The number of amides is 1. The minimum absolute atomic E-state index is 0.0734. The van der Waals surface area contributed by atoms with Gasteiger partial charge in [-0.25, -0.2) is 0 Å². The van der Waals surface area contributed by atoms with E-state index in [0.717, 1.165) is 25.9 Å². The van der Waals surface area contributed by atoms with Crippen molar-refractivity contribution in [2.45, 2.75) is 62.7 Å². The molecule has 1 amide bonds. The van der Waals surface area contributed by atoms with Gasteiger partial charge in [-0.05, 0) is 45.7 Å². The minimum Gasteiger partial charge on any atom is -0.350 e. The first-order chi connectivity index (χ1) is 8.68. The molecule has 1 aliphatic heterocycles. The Labute approximate surface area is 115 Å². The predicted molar refractivity (Wildman–Crippen MR) is 78.0 cm³/mol. The molecule has 0 bridgehead atoms. The molecule has 0 radical (unpaired) electrons. The minimum atomic E-state index is 0.0734. The summed E-state index contributed by atoms with van der Waals surface area (Å²) in [5.41, 5.74) is 0.0734. The zero-order valence-corrected chi connectivity index (χ0v) is 12.3. The lowest BCUT2D eigenvalue weighted by molar-refractivity contribution is -0.120. The first-order valence-electron chi connectivity index (χ1n) is 7.31. The highest BCUT2D eigenvalue weighted by molar-refractivity contribution is 8.00. The Bertz CT molecular complexity index is 271. The highest BCUT2D eigenvalue weighted by Crippen LogP contribution is 2.28. The van der Waals surface area contributed by atoms with Crippen LogP contribution < -0.4 is 10.6 Å². The van der Waals surface area contributed by atoms with Gasteiger partial charge >= 0.3 is 0 Å². The molecule has 2 N–H and O–H groups in total. The second-order valence-electron chi connectivity index (χ2n) is 5.93. The first-order valence-corrected chi connectivity index (χ1v) is 8.36. The number of carbonyl (C=O) groups is 1. The van der Waals surface area contributed by atoms with E-state index >= 15 is 0 Å². The third-order valence-electron chi connectivity index (χ3n) is 4.13. The molecule has 18 heavy (non-hydrogen) atoms. The normalized spacial score (nSPS) is 24.7. The van der Waals surface area contributed by atoms with Crippen LogP contribution in [0.4, 0.5) is 0 Å². The molecule has 0 spiro atoms. The van der Waals surface area contributed by atoms with Crippen LogP contribution in [0.1, 0.15) is 51.9 Å². The quantitative estimate of drug-likeness (QED) is 0.823. The number of rotatable bonds is 4. The van der Waals surface area contributed by atoms with E-state index in [1.807, 2.05) is 11.8 Å². The largest absolute Gasteiger partial charge is 0.350 e. The van der Waals surface area contributed by atoms with E-state index < -0.39 is 0 Å². The van der Waals surface area contributed by atoms with E-state index in [1.54, 1.807) is 0 Å². The summed E-state index contributed by atoms with van der Waals surface area (Å²) in [5, 5.41) is 7.30. The van der Waals surface area contributed by atoms with Crippen LogP contribution in [-0.4, -0.2) is 35.5 Å². The van der Waals surface area contributed by atoms with Gasteiger partial charge in [0.15, 0.2) is 0 Å². The summed E-state index contributed by atoms with van der Waals surface area (Å²) >= 11 is 1.84. The molecule has 2 fully saturated rings. The molecule has 0 atom stereocenters. The number of thioether (sulfide) groups is 1. The average Bonchev–Trinajstić information content (AvgIpc) is 2.38. The third-order valence-corrected chi connectivity index (χ3v) is 5.51. The maximum atomic E-state index is 12.0. The monoisotopic (exact) mass is 270 g/mol. The van der Waals surface area contributed by atoms with Gasteiger partial charge in [0.25, 0.3) is 0 Å². The molecule has 104 valence electrons. The summed E-state index contributed by atoms with van der Waals surface area (Å²) in [5.74, 6) is 0.878. The molecule has 1 saturated carbocycles. The van der Waals surface area contributed by atoms with Gasteiger partial charge in [0, 0.05) is 10.8 Å². The molecule has 4 heteroatoms. The highest BCUT2D eigenvalue weighted by Gasteiger charge is 2.28. The van der Waals surface area contributed by atoms with Crippen molar-refractivity contribution in [3.05, 3.63) is 0 Å². The SMILES string of the molecule is CC1(NC(=O)CSC2CCNCC2)CCCCC1. The van der Waals surface area contributed by atoms with E-state index in [2.05, 4.69) is 17.6 Å². The number of hydrogen-bond donors (Lipinski definition) is 2. The summed E-state index contributed by atoms with van der Waals surface area (Å²) in [4.78, 5) is 12.0. The van der Waals surface area contributed by atoms with Crippen LogP contribution in [0.25, 0.3) is 0 Å². The lowest BCUT2D eigenvalue weighted by Crippen LogP contribution is -2.48. The molecule has 2 aliphatic rings. The van der Waals surface area contributed by atoms with E-state index in [4.69, 9.17) is 0 Å². The average molecular weight is 270 g/mol. The Hall–Kier alpha value is -0.220. The molecule has 1 aliphatic carbocycles. The molecule has 0 aromatic carbocycles. The summed E-state index contributed by atoms with van der Waals surface area (Å²) in [6.07, 6.45) is 8.56. The second kappa shape index (κ2) is 6.80. The smallest absolute Gasteiger partial charge is 0.230 e. The van der Waals surface area contributed by atoms with Gasteiger partial charge in [0.05, 0.1) is 5.75 Å². The van der Waals surface area contributed by atoms with Gasteiger partial charge in [-0.1, -0.05) is 19.3 Å². The van der Waals surface area contributed by atoms with Gasteiger partial charge in [0.1, 0.15) is 0 Å². The fourth-order valence-corrected chi connectivity index (χ4v) is 4.01. The number of piperidine rings is 1. The topological polar surface area (TPSA) is 41.1 Å². The molecule has 0 aromatic rings. The van der Waals surface area contributed by atoms with Crippen LogP contribution >= 0.6 is 11.8 Å². The molecule has 3 nitrogen and oxygen atoms in total. The Kier molecular flexibility index (Phi) is 5.37. The molecular formula is C14H26N2OS. The zero-order chi connectivity index (χ0) is 12.8. The van der Waals surface area contributed by atoms with Gasteiger partial charge in [-0.3, -0.25) is 4.79 Å². The van der Waals surface area contributed by atoms with Crippen molar-refractivity contribution < 1.29 is 4.79 Å². The Morgan fingerprint density at radius 2 is 1.94 bits per heavy atom. The van der Waals surface area contributed by atoms with Crippen LogP contribution in [0, 0.1) is 0 Å². The highest BCUT2D eigenvalue weighted by atomic mass is 32.2. The van der Waals surface area contributed by atoms with Gasteiger partial charge in [-0.2, -0.15) is 0 Å². The van der Waals surface area contributed by atoms with Crippen LogP contribution in [0.5, 0.6) is 0 Å². The van der Waals surface area contributed by atoms with Crippen molar-refractivity contribution in [2.24, 2.45) is 0 Å². The fourth-order valence-electron chi connectivity index (χ4n) is 2.99. The van der Waals surface area contributed by atoms with E-state index in [0.29, 0.717) is 11.0 Å². The summed E-state index contributed by atoms with van der Waals surface area (Å²) in [7, 11) is 0. The second-order valence-corrected chi connectivity index (χ2v) is 7.22. The summed E-state index contributed by atoms with van der Waals surface area (Å²) < 4.78 is 0. The molecule has 0 unspecified atom stereocenters. The van der Waals surface area contributed by atoms with Crippen LogP contribution in [0.2, 0.25) is 0 Å². The molecular weight excluding hydrogens is 244 g/mol. The summed E-state index contributed by atoms with van der Waals surface area (Å²) in [6.45, 7) is 4.42. The molecule has 2 rings (SSSR count). The van der Waals surface area contributed by atoms with Crippen molar-refractivity contribution >= 4 is 17.7 Å².